The number of nitrogens with one attached hydrogen (secondary N) is 1. The molecule has 2 heterocycles. The second-order valence-electron chi connectivity index (χ2n) is 6.76. The van der Waals surface area contributed by atoms with E-state index in [1.807, 2.05) is 43.3 Å². The van der Waals surface area contributed by atoms with Crippen LogP contribution in [-0.2, 0) is 9.59 Å². The number of aromatic nitrogens is 1. The minimum atomic E-state index is -0.389. The van der Waals surface area contributed by atoms with E-state index in [-0.39, 0.29) is 24.2 Å². The number of rotatable bonds is 7. The van der Waals surface area contributed by atoms with Gasteiger partial charge in [-0.3, -0.25) is 9.59 Å². The van der Waals surface area contributed by atoms with Crippen LogP contribution in [0.2, 0.25) is 0 Å². The first-order valence-corrected chi connectivity index (χ1v) is 9.34. The van der Waals surface area contributed by atoms with Crippen LogP contribution in [0, 0.1) is 12.8 Å². The zero-order valence-electron chi connectivity index (χ0n) is 15.8. The van der Waals surface area contributed by atoms with E-state index in [1.54, 1.807) is 11.1 Å². The monoisotopic (exact) mass is 367 g/mol. The van der Waals surface area contributed by atoms with E-state index in [4.69, 9.17) is 4.74 Å². The normalized spacial score (nSPS) is 16.4. The van der Waals surface area contributed by atoms with Crippen LogP contribution in [0.5, 0.6) is 5.75 Å². The molecule has 1 aliphatic heterocycles. The van der Waals surface area contributed by atoms with Gasteiger partial charge in [0.2, 0.25) is 11.8 Å². The first-order valence-electron chi connectivity index (χ1n) is 9.34. The number of aryl methyl sites for hydroxylation is 1. The zero-order chi connectivity index (χ0) is 19.2. The Morgan fingerprint density at radius 3 is 2.78 bits per heavy atom. The Morgan fingerprint density at radius 2 is 2.07 bits per heavy atom. The van der Waals surface area contributed by atoms with Crippen LogP contribution in [0.15, 0.2) is 42.6 Å². The first-order chi connectivity index (χ1) is 13.1. The van der Waals surface area contributed by atoms with Gasteiger partial charge in [-0.1, -0.05) is 19.4 Å². The fraction of sp³-hybridized carbons (Fsp3) is 0.381. The summed E-state index contributed by atoms with van der Waals surface area (Å²) < 4.78 is 5.65. The Kier molecular flexibility index (Phi) is 6.06. The van der Waals surface area contributed by atoms with Gasteiger partial charge in [0.15, 0.2) is 0 Å². The van der Waals surface area contributed by atoms with Crippen molar-refractivity contribution in [3.63, 3.8) is 0 Å². The highest BCUT2D eigenvalue weighted by molar-refractivity contribution is 6.03. The van der Waals surface area contributed by atoms with Gasteiger partial charge >= 0.3 is 0 Å². The fourth-order valence-electron chi connectivity index (χ4n) is 3.02. The van der Waals surface area contributed by atoms with Gasteiger partial charge < -0.3 is 15.0 Å². The summed E-state index contributed by atoms with van der Waals surface area (Å²) in [6, 6.07) is 11.2. The van der Waals surface area contributed by atoms with Crippen molar-refractivity contribution in [2.45, 2.75) is 33.1 Å². The van der Waals surface area contributed by atoms with Crippen LogP contribution >= 0.6 is 0 Å². The quantitative estimate of drug-likeness (QED) is 0.760. The molecule has 0 spiro atoms. The van der Waals surface area contributed by atoms with Gasteiger partial charge in [-0.05, 0) is 49.2 Å². The van der Waals surface area contributed by atoms with Crippen LogP contribution in [-0.4, -0.2) is 29.9 Å². The van der Waals surface area contributed by atoms with E-state index in [2.05, 4.69) is 17.2 Å². The summed E-state index contributed by atoms with van der Waals surface area (Å²) in [6.07, 6.45) is 3.94. The van der Waals surface area contributed by atoms with Crippen LogP contribution in [0.1, 0.15) is 31.7 Å². The molecule has 1 unspecified atom stereocenters. The molecule has 0 radical (unpaired) electrons. The highest BCUT2D eigenvalue weighted by Crippen LogP contribution is 2.27. The zero-order valence-corrected chi connectivity index (χ0v) is 15.8. The lowest BCUT2D eigenvalue weighted by atomic mass is 10.1. The number of pyridine rings is 1. The Morgan fingerprint density at radius 1 is 1.30 bits per heavy atom. The Labute approximate surface area is 159 Å². The van der Waals surface area contributed by atoms with Crippen molar-refractivity contribution in [3.05, 3.63) is 48.2 Å². The molecule has 1 aromatic heterocycles. The molecule has 6 nitrogen and oxygen atoms in total. The van der Waals surface area contributed by atoms with Crippen molar-refractivity contribution in [1.29, 1.82) is 0 Å². The van der Waals surface area contributed by atoms with Crippen LogP contribution in [0.3, 0.4) is 0 Å². The molecule has 1 fully saturated rings. The molecule has 0 bridgehead atoms. The van der Waals surface area contributed by atoms with Gasteiger partial charge in [0.1, 0.15) is 11.6 Å². The van der Waals surface area contributed by atoms with Crippen molar-refractivity contribution >= 4 is 23.3 Å². The van der Waals surface area contributed by atoms with Gasteiger partial charge in [-0.2, -0.15) is 0 Å². The molecule has 0 saturated carbocycles. The SMILES string of the molecule is CCCCOc1ccc(N2CC(C(=O)Nc3ncccc3C)CC2=O)cc1. The molecule has 1 atom stereocenters. The fourth-order valence-corrected chi connectivity index (χ4v) is 3.02. The Bertz CT molecular complexity index is 805. The predicted octanol–water partition coefficient (Wildman–Crippen LogP) is 3.56. The molecule has 1 N–H and O–H groups in total. The maximum Gasteiger partial charge on any atom is 0.230 e. The highest BCUT2D eigenvalue weighted by atomic mass is 16.5. The lowest BCUT2D eigenvalue weighted by Gasteiger charge is -2.17. The molecular weight excluding hydrogens is 342 g/mol. The Balaban J connectivity index is 1.61. The van der Waals surface area contributed by atoms with Crippen molar-refractivity contribution < 1.29 is 14.3 Å². The van der Waals surface area contributed by atoms with E-state index in [0.29, 0.717) is 19.0 Å². The smallest absolute Gasteiger partial charge is 0.230 e. The van der Waals surface area contributed by atoms with E-state index in [9.17, 15) is 9.59 Å². The molecule has 142 valence electrons. The predicted molar refractivity (Wildman–Crippen MR) is 105 cm³/mol. The summed E-state index contributed by atoms with van der Waals surface area (Å²) in [5.41, 5.74) is 1.68. The minimum Gasteiger partial charge on any atom is -0.494 e. The summed E-state index contributed by atoms with van der Waals surface area (Å²) >= 11 is 0. The second-order valence-corrected chi connectivity index (χ2v) is 6.76. The summed E-state index contributed by atoms with van der Waals surface area (Å²) in [5.74, 6) is 0.722. The van der Waals surface area contributed by atoms with E-state index in [1.165, 1.54) is 0 Å². The third-order valence-electron chi connectivity index (χ3n) is 4.66. The molecule has 27 heavy (non-hydrogen) atoms. The summed E-state index contributed by atoms with van der Waals surface area (Å²) in [5, 5.41) is 2.83. The second kappa shape index (κ2) is 8.66. The summed E-state index contributed by atoms with van der Waals surface area (Å²) in [7, 11) is 0. The maximum absolute atomic E-state index is 12.5. The number of anilines is 2. The van der Waals surface area contributed by atoms with E-state index in [0.717, 1.165) is 29.8 Å². The van der Waals surface area contributed by atoms with Crippen LogP contribution in [0.4, 0.5) is 11.5 Å². The first kappa shape index (κ1) is 18.9. The largest absolute Gasteiger partial charge is 0.494 e. The lowest BCUT2D eigenvalue weighted by molar-refractivity contribution is -0.122. The summed E-state index contributed by atoms with van der Waals surface area (Å²) in [6.45, 7) is 5.06. The number of ether oxygens (including phenoxy) is 1. The molecule has 0 aliphatic carbocycles. The minimum absolute atomic E-state index is 0.0486. The number of hydrogen-bond donors (Lipinski definition) is 1. The van der Waals surface area contributed by atoms with Crippen molar-refractivity contribution in [2.24, 2.45) is 5.92 Å². The average Bonchev–Trinajstić information content (AvgIpc) is 3.06. The topological polar surface area (TPSA) is 71.5 Å². The number of benzene rings is 1. The third-order valence-corrected chi connectivity index (χ3v) is 4.66. The van der Waals surface area contributed by atoms with Crippen molar-refractivity contribution in [2.75, 3.05) is 23.4 Å². The molecule has 3 rings (SSSR count). The number of carbonyl (C=O) groups is 2. The highest BCUT2D eigenvalue weighted by Gasteiger charge is 2.35. The molecule has 2 amide bonds. The summed E-state index contributed by atoms with van der Waals surface area (Å²) in [4.78, 5) is 30.8. The molecule has 1 aromatic carbocycles. The average molecular weight is 367 g/mol. The van der Waals surface area contributed by atoms with Crippen LogP contribution < -0.4 is 15.0 Å². The number of hydrogen-bond acceptors (Lipinski definition) is 4. The van der Waals surface area contributed by atoms with Gasteiger partial charge in [0, 0.05) is 24.8 Å². The molecule has 1 aliphatic rings. The van der Waals surface area contributed by atoms with Gasteiger partial charge in [0.25, 0.3) is 0 Å². The number of unbranched alkanes of at least 4 members (excludes halogenated alkanes) is 1. The molecular formula is C21H25N3O3. The lowest BCUT2D eigenvalue weighted by Crippen LogP contribution is -2.28. The number of carbonyl (C=O) groups excluding carboxylic acids is 2. The number of nitrogens with zero attached hydrogens (tertiary/aromatic N) is 2. The number of amides is 2. The van der Waals surface area contributed by atoms with E-state index < -0.39 is 0 Å². The van der Waals surface area contributed by atoms with Gasteiger partial charge in [-0.15, -0.1) is 0 Å². The van der Waals surface area contributed by atoms with E-state index >= 15 is 0 Å². The maximum atomic E-state index is 12.5. The molecule has 2 aromatic rings. The molecule has 1 saturated heterocycles. The third kappa shape index (κ3) is 4.64. The molecule has 6 heteroatoms. The standard InChI is InChI=1S/C21H25N3O3/c1-3-4-12-27-18-9-7-17(8-10-18)24-14-16(13-19(24)25)21(26)23-20-15(2)6-5-11-22-20/h5-11,16H,3-4,12-14H2,1-2H3,(H,22,23,26). The Hall–Kier alpha value is -2.89. The van der Waals surface area contributed by atoms with Crippen molar-refractivity contribution in [1.82, 2.24) is 4.98 Å². The van der Waals surface area contributed by atoms with Crippen molar-refractivity contribution in [3.8, 4) is 5.75 Å². The van der Waals surface area contributed by atoms with Crippen LogP contribution in [0.25, 0.3) is 0 Å². The van der Waals surface area contributed by atoms with Gasteiger partial charge in [0.05, 0.1) is 12.5 Å². The van der Waals surface area contributed by atoms with Gasteiger partial charge in [-0.25, -0.2) is 4.98 Å².